The first-order valence-corrected chi connectivity index (χ1v) is 13.3. The normalized spacial score (nSPS) is 16.6. The molecule has 2 unspecified atom stereocenters. The van der Waals surface area contributed by atoms with Gasteiger partial charge in [-0.3, -0.25) is 4.79 Å². The summed E-state index contributed by atoms with van der Waals surface area (Å²) in [5.41, 5.74) is 8.35. The summed E-state index contributed by atoms with van der Waals surface area (Å²) >= 11 is 0. The third-order valence-electron chi connectivity index (χ3n) is 6.35. The molecule has 1 saturated heterocycles. The summed E-state index contributed by atoms with van der Waals surface area (Å²) in [5.74, 6) is -0.255. The number of carbonyl (C=O) groups is 1. The van der Waals surface area contributed by atoms with Gasteiger partial charge in [-0.1, -0.05) is 49.4 Å². The number of nitrogens with zero attached hydrogens (tertiary/aromatic N) is 1. The van der Waals surface area contributed by atoms with Gasteiger partial charge in [0.25, 0.3) is 0 Å². The van der Waals surface area contributed by atoms with Crippen molar-refractivity contribution in [3.8, 4) is 0 Å². The number of hydrogen-bond donors (Lipinski definition) is 2. The summed E-state index contributed by atoms with van der Waals surface area (Å²) in [4.78, 5) is 15.6. The number of sulfone groups is 1. The molecule has 1 aliphatic heterocycles. The Morgan fingerprint density at radius 3 is 2.15 bits per heavy atom. The quantitative estimate of drug-likeness (QED) is 0.510. The second kappa shape index (κ2) is 14.0. The van der Waals surface area contributed by atoms with Crippen LogP contribution in [0.2, 0.25) is 0 Å². The topological polar surface area (TPSA) is 92.5 Å². The molecule has 0 radical (unpaired) electrons. The van der Waals surface area contributed by atoms with Crippen molar-refractivity contribution < 1.29 is 13.2 Å². The Morgan fingerprint density at radius 2 is 1.62 bits per heavy atom. The average Bonchev–Trinajstić information content (AvgIpc) is 2.79. The van der Waals surface area contributed by atoms with E-state index in [0.717, 1.165) is 44.5 Å². The lowest BCUT2D eigenvalue weighted by Crippen LogP contribution is -2.46. The molecule has 3 N–H and O–H groups in total. The fraction of sp³-hybridized carbons (Fsp3) is 0.480. The number of carbonyl (C=O) groups excluding carboxylic acids is 1. The Bertz CT molecular complexity index is 980. The van der Waals surface area contributed by atoms with Crippen molar-refractivity contribution in [2.24, 2.45) is 5.73 Å². The van der Waals surface area contributed by atoms with Crippen LogP contribution in [0.3, 0.4) is 0 Å². The number of piperidine rings is 1. The number of benzene rings is 2. The third-order valence-corrected chi connectivity index (χ3v) is 7.48. The Morgan fingerprint density at radius 1 is 1.03 bits per heavy atom. The molecule has 0 bridgehead atoms. The van der Waals surface area contributed by atoms with Crippen LogP contribution in [0.5, 0.6) is 0 Å². The monoisotopic (exact) mass is 529 g/mol. The Labute approximate surface area is 216 Å². The van der Waals surface area contributed by atoms with E-state index in [4.69, 9.17) is 5.73 Å². The molecule has 1 amide bonds. The van der Waals surface area contributed by atoms with Crippen molar-refractivity contribution >= 4 is 40.6 Å². The zero-order valence-corrected chi connectivity index (χ0v) is 22.3. The minimum absolute atomic E-state index is 0. The van der Waals surface area contributed by atoms with E-state index in [-0.39, 0.29) is 53.6 Å². The van der Waals surface area contributed by atoms with E-state index in [1.807, 2.05) is 25.1 Å². The van der Waals surface area contributed by atoms with Crippen molar-refractivity contribution in [3.05, 3.63) is 65.7 Å². The minimum Gasteiger partial charge on any atom is -0.353 e. The largest absolute Gasteiger partial charge is 0.353 e. The maximum atomic E-state index is 12.9. The maximum absolute atomic E-state index is 12.9. The van der Waals surface area contributed by atoms with Gasteiger partial charge >= 0.3 is 0 Å². The molecule has 0 aliphatic carbocycles. The van der Waals surface area contributed by atoms with Crippen molar-refractivity contribution in [3.63, 3.8) is 0 Å². The number of rotatable bonds is 9. The predicted molar refractivity (Wildman–Crippen MR) is 143 cm³/mol. The number of nitrogens with two attached hydrogens (primary N) is 1. The Hall–Kier alpha value is -1.64. The summed E-state index contributed by atoms with van der Waals surface area (Å²) in [6, 6.07) is 17.1. The molecular weight excluding hydrogens is 493 g/mol. The van der Waals surface area contributed by atoms with Gasteiger partial charge < -0.3 is 16.0 Å². The minimum atomic E-state index is -3.24. The molecule has 2 atom stereocenters. The van der Waals surface area contributed by atoms with Gasteiger partial charge in [0.1, 0.15) is 0 Å². The highest BCUT2D eigenvalue weighted by atomic mass is 35.5. The lowest BCUT2D eigenvalue weighted by Gasteiger charge is -2.33. The second-order valence-electron chi connectivity index (χ2n) is 8.73. The van der Waals surface area contributed by atoms with E-state index in [1.54, 1.807) is 24.3 Å². The molecule has 2 aromatic rings. The zero-order valence-electron chi connectivity index (χ0n) is 19.9. The van der Waals surface area contributed by atoms with Crippen LogP contribution in [0.1, 0.15) is 55.7 Å². The SMILES string of the molecule is CCC(C(=O)NC1CCN(CCC(N)c2ccccc2)CC1)c1ccc(S(C)(=O)=O)cc1.Cl.Cl. The molecular formula is C25H37Cl2N3O3S. The molecule has 0 aromatic heterocycles. The lowest BCUT2D eigenvalue weighted by atomic mass is 9.94. The van der Waals surface area contributed by atoms with Crippen LogP contribution in [0.4, 0.5) is 0 Å². The molecule has 0 saturated carbocycles. The lowest BCUT2D eigenvalue weighted by molar-refractivity contribution is -0.123. The highest BCUT2D eigenvalue weighted by Crippen LogP contribution is 2.23. The molecule has 34 heavy (non-hydrogen) atoms. The van der Waals surface area contributed by atoms with Crippen LogP contribution >= 0.6 is 24.8 Å². The fourth-order valence-electron chi connectivity index (χ4n) is 4.31. The van der Waals surface area contributed by atoms with Crippen molar-refractivity contribution in [1.82, 2.24) is 10.2 Å². The number of hydrogen-bond acceptors (Lipinski definition) is 5. The van der Waals surface area contributed by atoms with Gasteiger partial charge in [-0.2, -0.15) is 0 Å². The average molecular weight is 531 g/mol. The van der Waals surface area contributed by atoms with E-state index in [1.165, 1.54) is 11.8 Å². The highest BCUT2D eigenvalue weighted by Gasteiger charge is 2.25. The van der Waals surface area contributed by atoms with Crippen LogP contribution in [0.15, 0.2) is 59.5 Å². The molecule has 6 nitrogen and oxygen atoms in total. The molecule has 2 aromatic carbocycles. The van der Waals surface area contributed by atoms with Crippen molar-refractivity contribution in [2.45, 2.75) is 55.5 Å². The fourth-order valence-corrected chi connectivity index (χ4v) is 4.94. The van der Waals surface area contributed by atoms with Gasteiger partial charge in [0.2, 0.25) is 5.91 Å². The molecule has 190 valence electrons. The van der Waals surface area contributed by atoms with Gasteiger partial charge in [0, 0.05) is 31.4 Å². The van der Waals surface area contributed by atoms with Gasteiger partial charge in [-0.05, 0) is 55.5 Å². The van der Waals surface area contributed by atoms with Crippen LogP contribution in [0, 0.1) is 0 Å². The van der Waals surface area contributed by atoms with Crippen LogP contribution < -0.4 is 11.1 Å². The van der Waals surface area contributed by atoms with Crippen molar-refractivity contribution in [2.75, 3.05) is 25.9 Å². The van der Waals surface area contributed by atoms with E-state index in [0.29, 0.717) is 6.42 Å². The summed E-state index contributed by atoms with van der Waals surface area (Å²) in [7, 11) is -3.24. The van der Waals surface area contributed by atoms with E-state index >= 15 is 0 Å². The second-order valence-corrected chi connectivity index (χ2v) is 10.7. The predicted octanol–water partition coefficient (Wildman–Crippen LogP) is 4.10. The molecule has 1 fully saturated rings. The number of amides is 1. The summed E-state index contributed by atoms with van der Waals surface area (Å²) in [6.45, 7) is 4.84. The first-order chi connectivity index (χ1) is 15.3. The van der Waals surface area contributed by atoms with Crippen LogP contribution in [-0.2, 0) is 14.6 Å². The number of likely N-dealkylation sites (tertiary alicyclic amines) is 1. The first-order valence-electron chi connectivity index (χ1n) is 11.4. The highest BCUT2D eigenvalue weighted by molar-refractivity contribution is 7.90. The smallest absolute Gasteiger partial charge is 0.227 e. The van der Waals surface area contributed by atoms with Crippen LogP contribution in [-0.4, -0.2) is 51.2 Å². The Balaban J connectivity index is 0.00000289. The summed E-state index contributed by atoms with van der Waals surface area (Å²) in [5, 5.41) is 3.22. The summed E-state index contributed by atoms with van der Waals surface area (Å²) in [6.07, 6.45) is 4.63. The molecule has 1 aliphatic rings. The van der Waals surface area contributed by atoms with Gasteiger partial charge in [0.15, 0.2) is 9.84 Å². The van der Waals surface area contributed by atoms with Gasteiger partial charge in [-0.25, -0.2) is 8.42 Å². The number of halogens is 2. The standard InChI is InChI=1S/C25H35N3O3S.2ClH/c1-3-23(19-9-11-22(12-10-19)32(2,30)31)25(29)27-21-13-16-28(17-14-21)18-15-24(26)20-7-5-4-6-8-20;;/h4-12,21,23-24H,3,13-18,26H2,1-2H3,(H,27,29);2*1H. The Kier molecular flexibility index (Phi) is 12.6. The molecule has 3 rings (SSSR count). The third kappa shape index (κ3) is 8.54. The van der Waals surface area contributed by atoms with Gasteiger partial charge in [-0.15, -0.1) is 24.8 Å². The van der Waals surface area contributed by atoms with Gasteiger partial charge in [0.05, 0.1) is 10.8 Å². The number of nitrogens with one attached hydrogen (secondary N) is 1. The van der Waals surface area contributed by atoms with E-state index in [2.05, 4.69) is 22.3 Å². The van der Waals surface area contributed by atoms with Crippen molar-refractivity contribution in [1.29, 1.82) is 0 Å². The zero-order chi connectivity index (χ0) is 23.1. The first kappa shape index (κ1) is 30.4. The molecule has 1 heterocycles. The maximum Gasteiger partial charge on any atom is 0.227 e. The van der Waals surface area contributed by atoms with E-state index < -0.39 is 9.84 Å². The molecule has 0 spiro atoms. The van der Waals surface area contributed by atoms with E-state index in [9.17, 15) is 13.2 Å². The summed E-state index contributed by atoms with van der Waals surface area (Å²) < 4.78 is 23.3. The van der Waals surface area contributed by atoms with Crippen LogP contribution in [0.25, 0.3) is 0 Å². The molecule has 9 heteroatoms.